The van der Waals surface area contributed by atoms with E-state index in [2.05, 4.69) is 67.4 Å². The van der Waals surface area contributed by atoms with Crippen LogP contribution in [0.2, 0.25) is 0 Å². The maximum absolute atomic E-state index is 6.55. The topological polar surface area (TPSA) is 22.1 Å². The van der Waals surface area contributed by atoms with E-state index >= 15 is 0 Å². The molecule has 2 nitrogen and oxygen atoms in total. The monoisotopic (exact) mass is 369 g/mol. The molecule has 1 saturated carbocycles. The van der Waals surface area contributed by atoms with E-state index in [0.29, 0.717) is 0 Å². The number of rotatable bonds is 2. The summed E-state index contributed by atoms with van der Waals surface area (Å²) >= 11 is 0. The lowest BCUT2D eigenvalue weighted by atomic mass is 9.62. The Morgan fingerprint density at radius 2 is 1.57 bits per heavy atom. The summed E-state index contributed by atoms with van der Waals surface area (Å²) in [5, 5.41) is 0. The van der Waals surface area contributed by atoms with E-state index in [0.717, 1.165) is 17.0 Å². The minimum absolute atomic E-state index is 0.135. The molecular formula is C26H27NO. The Labute approximate surface area is 167 Å². The van der Waals surface area contributed by atoms with E-state index in [1.54, 1.807) is 0 Å². The first-order valence-electron chi connectivity index (χ1n) is 10.4. The zero-order valence-electron chi connectivity index (χ0n) is 16.7. The normalized spacial score (nSPS) is 19.2. The van der Waals surface area contributed by atoms with Crippen LogP contribution in [0.5, 0.6) is 5.75 Å². The third-order valence-corrected chi connectivity index (χ3v) is 6.88. The van der Waals surface area contributed by atoms with Crippen molar-refractivity contribution in [3.63, 3.8) is 0 Å². The summed E-state index contributed by atoms with van der Waals surface area (Å²) in [6.07, 6.45) is 8.28. The Morgan fingerprint density at radius 1 is 0.786 bits per heavy atom. The van der Waals surface area contributed by atoms with E-state index in [4.69, 9.17) is 4.74 Å². The zero-order chi connectivity index (χ0) is 19.2. The van der Waals surface area contributed by atoms with Gasteiger partial charge in [0.25, 0.3) is 0 Å². The van der Waals surface area contributed by atoms with Crippen LogP contribution in [0, 0.1) is 0 Å². The molecule has 0 N–H and O–H groups in total. The van der Waals surface area contributed by atoms with Crippen molar-refractivity contribution in [2.24, 2.45) is 0 Å². The van der Waals surface area contributed by atoms with E-state index in [-0.39, 0.29) is 11.0 Å². The van der Waals surface area contributed by atoms with Gasteiger partial charge in [-0.25, -0.2) is 0 Å². The number of nitrogens with zero attached hydrogens (tertiary/aromatic N) is 1. The van der Waals surface area contributed by atoms with Crippen molar-refractivity contribution in [1.29, 1.82) is 0 Å². The lowest BCUT2D eigenvalue weighted by Crippen LogP contribution is -2.47. The Kier molecular flexibility index (Phi) is 4.04. The molecule has 1 aromatic heterocycles. The van der Waals surface area contributed by atoms with E-state index in [1.165, 1.54) is 48.8 Å². The van der Waals surface area contributed by atoms with Gasteiger partial charge in [0.2, 0.25) is 0 Å². The smallest absolute Gasteiger partial charge is 0.124 e. The molecule has 3 aromatic rings. The van der Waals surface area contributed by atoms with Gasteiger partial charge >= 0.3 is 0 Å². The second-order valence-electron chi connectivity index (χ2n) is 8.76. The molecule has 1 aliphatic heterocycles. The summed E-state index contributed by atoms with van der Waals surface area (Å²) in [5.41, 5.74) is 6.02. The van der Waals surface area contributed by atoms with Crippen molar-refractivity contribution in [2.75, 3.05) is 0 Å². The highest BCUT2D eigenvalue weighted by atomic mass is 16.5. The second-order valence-corrected chi connectivity index (χ2v) is 8.76. The number of benzene rings is 2. The van der Waals surface area contributed by atoms with Gasteiger partial charge in [-0.3, -0.25) is 4.98 Å². The summed E-state index contributed by atoms with van der Waals surface area (Å²) in [4.78, 5) is 4.49. The predicted octanol–water partition coefficient (Wildman–Crippen LogP) is 6.79. The molecule has 5 rings (SSSR count). The number of aromatic nitrogens is 1. The molecule has 2 heterocycles. The SMILES string of the molecule is CC1(C)Oc2cc(-c3cccc(-c4ccccn4)c3)ccc2C12CCCCC2. The predicted molar refractivity (Wildman–Crippen MR) is 115 cm³/mol. The molecule has 1 spiro atoms. The van der Waals surface area contributed by atoms with Gasteiger partial charge in [-0.1, -0.05) is 55.7 Å². The molecule has 2 heteroatoms. The van der Waals surface area contributed by atoms with Crippen LogP contribution in [-0.2, 0) is 5.41 Å². The molecule has 0 atom stereocenters. The van der Waals surface area contributed by atoms with E-state index < -0.39 is 0 Å². The molecule has 2 aliphatic rings. The number of pyridine rings is 1. The molecular weight excluding hydrogens is 342 g/mol. The van der Waals surface area contributed by atoms with Crippen molar-refractivity contribution in [2.45, 2.75) is 57.0 Å². The molecule has 0 radical (unpaired) electrons. The maximum Gasteiger partial charge on any atom is 0.124 e. The third-order valence-electron chi connectivity index (χ3n) is 6.88. The Balaban J connectivity index is 1.55. The Hall–Kier alpha value is -2.61. The molecule has 142 valence electrons. The van der Waals surface area contributed by atoms with Crippen LogP contribution in [0.25, 0.3) is 22.4 Å². The first kappa shape index (κ1) is 17.5. The highest BCUT2D eigenvalue weighted by Crippen LogP contribution is 2.56. The van der Waals surface area contributed by atoms with Gasteiger partial charge in [0.15, 0.2) is 0 Å². The van der Waals surface area contributed by atoms with Crippen molar-refractivity contribution in [1.82, 2.24) is 4.98 Å². The van der Waals surface area contributed by atoms with Crippen molar-refractivity contribution >= 4 is 0 Å². The molecule has 1 aliphatic carbocycles. The van der Waals surface area contributed by atoms with Crippen LogP contribution in [0.4, 0.5) is 0 Å². The molecule has 2 aromatic carbocycles. The highest BCUT2D eigenvalue weighted by molar-refractivity contribution is 5.73. The van der Waals surface area contributed by atoms with E-state index in [1.807, 2.05) is 18.3 Å². The molecule has 0 saturated heterocycles. The molecule has 28 heavy (non-hydrogen) atoms. The van der Waals surface area contributed by atoms with Gasteiger partial charge in [-0.15, -0.1) is 0 Å². The fraction of sp³-hybridized carbons (Fsp3) is 0.346. The molecule has 0 bridgehead atoms. The van der Waals surface area contributed by atoms with Crippen LogP contribution in [0.15, 0.2) is 66.9 Å². The van der Waals surface area contributed by atoms with Gasteiger partial charge in [0, 0.05) is 22.7 Å². The molecule has 0 unspecified atom stereocenters. The van der Waals surface area contributed by atoms with Crippen LogP contribution in [0.3, 0.4) is 0 Å². The van der Waals surface area contributed by atoms with Crippen molar-refractivity contribution in [3.8, 4) is 28.1 Å². The average molecular weight is 370 g/mol. The van der Waals surface area contributed by atoms with E-state index in [9.17, 15) is 0 Å². The first-order chi connectivity index (χ1) is 13.6. The van der Waals surface area contributed by atoms with Gasteiger partial charge in [0.1, 0.15) is 11.4 Å². The van der Waals surface area contributed by atoms with Crippen LogP contribution >= 0.6 is 0 Å². The summed E-state index contributed by atoms with van der Waals surface area (Å²) in [6.45, 7) is 4.55. The largest absolute Gasteiger partial charge is 0.487 e. The summed E-state index contributed by atoms with van der Waals surface area (Å²) in [7, 11) is 0. The molecule has 0 amide bonds. The van der Waals surface area contributed by atoms with Crippen LogP contribution in [0.1, 0.15) is 51.5 Å². The van der Waals surface area contributed by atoms with Crippen LogP contribution < -0.4 is 4.74 Å². The summed E-state index contributed by atoms with van der Waals surface area (Å²) < 4.78 is 6.55. The second kappa shape index (κ2) is 6.48. The maximum atomic E-state index is 6.55. The number of hydrogen-bond donors (Lipinski definition) is 0. The summed E-state index contributed by atoms with van der Waals surface area (Å²) in [5.74, 6) is 1.08. The lowest BCUT2D eigenvalue weighted by molar-refractivity contribution is 0.0309. The van der Waals surface area contributed by atoms with Gasteiger partial charge in [0.05, 0.1) is 5.69 Å². The first-order valence-corrected chi connectivity index (χ1v) is 10.4. The minimum Gasteiger partial charge on any atom is -0.487 e. The number of ether oxygens (including phenoxy) is 1. The molecule has 1 fully saturated rings. The number of hydrogen-bond acceptors (Lipinski definition) is 2. The van der Waals surface area contributed by atoms with Crippen molar-refractivity contribution < 1.29 is 4.74 Å². The van der Waals surface area contributed by atoms with Gasteiger partial charge in [-0.2, -0.15) is 0 Å². The standard InChI is InChI=1S/C26H27NO/c1-25(2)26(14-5-3-6-15-26)22-13-12-20(18-24(22)28-25)19-9-8-10-21(17-19)23-11-4-7-16-27-23/h4,7-13,16-18H,3,5-6,14-15H2,1-2H3. The highest BCUT2D eigenvalue weighted by Gasteiger charge is 2.54. The summed E-state index contributed by atoms with van der Waals surface area (Å²) in [6, 6.07) is 21.5. The Bertz CT molecular complexity index is 1000. The van der Waals surface area contributed by atoms with Crippen molar-refractivity contribution in [3.05, 3.63) is 72.4 Å². The minimum atomic E-state index is -0.135. The van der Waals surface area contributed by atoms with Gasteiger partial charge in [-0.05, 0) is 62.1 Å². The van der Waals surface area contributed by atoms with Gasteiger partial charge < -0.3 is 4.74 Å². The van der Waals surface area contributed by atoms with Crippen LogP contribution in [-0.4, -0.2) is 10.6 Å². The Morgan fingerprint density at radius 3 is 2.36 bits per heavy atom. The lowest BCUT2D eigenvalue weighted by Gasteiger charge is -2.43. The fourth-order valence-electron chi connectivity index (χ4n) is 5.30. The zero-order valence-corrected chi connectivity index (χ0v) is 16.7. The average Bonchev–Trinajstić information content (AvgIpc) is 2.95. The number of fused-ring (bicyclic) bond motifs is 2. The fourth-order valence-corrected chi connectivity index (χ4v) is 5.30. The third kappa shape index (κ3) is 2.66. The quantitative estimate of drug-likeness (QED) is 0.496.